The number of amides is 1. The van der Waals surface area contributed by atoms with Crippen LogP contribution in [0.5, 0.6) is 5.75 Å². The number of hydrogen-bond donors (Lipinski definition) is 1. The molecule has 1 aromatic heterocycles. The molecule has 3 heterocycles. The number of pyridine rings is 1. The van der Waals surface area contributed by atoms with Crippen LogP contribution < -0.4 is 9.64 Å². The summed E-state index contributed by atoms with van der Waals surface area (Å²) in [7, 11) is 0. The Balaban J connectivity index is 1.61. The smallest absolute Gasteiger partial charge is 0.295 e. The molecule has 2 aromatic carbocycles. The highest BCUT2D eigenvalue weighted by atomic mass is 16.5. The largest absolute Gasteiger partial charge is 0.507 e. The number of aryl methyl sites for hydroxylation is 1. The monoisotopic (exact) mass is 497 g/mol. The fraction of sp³-hybridized carbons (Fsp3) is 0.300. The topological polar surface area (TPSA) is 83.0 Å². The number of ether oxygens (including phenoxy) is 1. The van der Waals surface area contributed by atoms with Crippen LogP contribution in [0.2, 0.25) is 0 Å². The zero-order chi connectivity index (χ0) is 25.9. The van der Waals surface area contributed by atoms with Gasteiger partial charge in [-0.15, -0.1) is 0 Å². The number of Topliss-reactive ketones (excluding diaryl/α,β-unsaturated/α-hetero) is 1. The molecule has 1 saturated heterocycles. The standard InChI is InChI=1S/C30H31N3O4/c1-3-32(4-2)24-12-9-21(10-13-24)27-26(28(34)23-11-14-25-22(17-23)8-6-16-37-25)29(35)30(36)33(27)19-20-7-5-15-31-18-20/h5,7,9-15,17-18,27,34H,3-4,6,8,16,19H2,1-2H3/b28-26-. The Labute approximate surface area is 217 Å². The van der Waals surface area contributed by atoms with E-state index >= 15 is 0 Å². The van der Waals surface area contributed by atoms with Gasteiger partial charge in [0.25, 0.3) is 11.7 Å². The first-order valence-corrected chi connectivity index (χ1v) is 12.8. The normalized spacial score (nSPS) is 18.4. The van der Waals surface area contributed by atoms with Gasteiger partial charge < -0.3 is 19.6 Å². The van der Waals surface area contributed by atoms with Crippen LogP contribution in [-0.4, -0.2) is 46.4 Å². The molecule has 0 spiro atoms. The van der Waals surface area contributed by atoms with Crippen molar-refractivity contribution in [3.05, 3.63) is 94.8 Å². The number of fused-ring (bicyclic) bond motifs is 1. The number of aliphatic hydroxyl groups excluding tert-OH is 1. The summed E-state index contributed by atoms with van der Waals surface area (Å²) in [6, 6.07) is 16.3. The Bertz CT molecular complexity index is 1330. The third-order valence-corrected chi connectivity index (χ3v) is 7.14. The Kier molecular flexibility index (Phi) is 6.95. The molecule has 3 aromatic rings. The molecule has 1 atom stereocenters. The van der Waals surface area contributed by atoms with Crippen molar-refractivity contribution in [1.29, 1.82) is 0 Å². The number of ketones is 1. The van der Waals surface area contributed by atoms with Gasteiger partial charge in [0.1, 0.15) is 11.5 Å². The molecule has 7 heteroatoms. The average molecular weight is 498 g/mol. The van der Waals surface area contributed by atoms with Crippen LogP contribution in [0.15, 0.2) is 72.6 Å². The maximum absolute atomic E-state index is 13.4. The molecule has 0 radical (unpaired) electrons. The lowest BCUT2D eigenvalue weighted by atomic mass is 9.93. The van der Waals surface area contributed by atoms with Gasteiger partial charge in [-0.2, -0.15) is 0 Å². The molecule has 1 unspecified atom stereocenters. The predicted molar refractivity (Wildman–Crippen MR) is 142 cm³/mol. The number of nitrogens with zero attached hydrogens (tertiary/aromatic N) is 3. The number of likely N-dealkylation sites (tertiary alicyclic amines) is 1. The van der Waals surface area contributed by atoms with Crippen molar-refractivity contribution in [2.24, 2.45) is 0 Å². The van der Waals surface area contributed by atoms with Crippen LogP contribution in [0, 0.1) is 0 Å². The molecular weight excluding hydrogens is 466 g/mol. The van der Waals surface area contributed by atoms with Crippen molar-refractivity contribution in [2.45, 2.75) is 39.3 Å². The van der Waals surface area contributed by atoms with Crippen molar-refractivity contribution in [3.8, 4) is 5.75 Å². The maximum atomic E-state index is 13.4. The Hall–Kier alpha value is -4.13. The number of benzene rings is 2. The first-order valence-electron chi connectivity index (χ1n) is 12.8. The van der Waals surface area contributed by atoms with Gasteiger partial charge in [0.2, 0.25) is 0 Å². The predicted octanol–water partition coefficient (Wildman–Crippen LogP) is 4.87. The van der Waals surface area contributed by atoms with Gasteiger partial charge in [-0.25, -0.2) is 0 Å². The van der Waals surface area contributed by atoms with E-state index in [1.54, 1.807) is 24.5 Å². The first kappa shape index (κ1) is 24.6. The lowest BCUT2D eigenvalue weighted by molar-refractivity contribution is -0.140. The first-order chi connectivity index (χ1) is 18.0. The van der Waals surface area contributed by atoms with Gasteiger partial charge in [-0.3, -0.25) is 14.6 Å². The van der Waals surface area contributed by atoms with Crippen LogP contribution in [0.3, 0.4) is 0 Å². The summed E-state index contributed by atoms with van der Waals surface area (Å²) in [5, 5.41) is 11.5. The molecule has 190 valence electrons. The molecule has 7 nitrogen and oxygen atoms in total. The number of hydrogen-bond acceptors (Lipinski definition) is 6. The summed E-state index contributed by atoms with van der Waals surface area (Å²) < 4.78 is 5.71. The Morgan fingerprint density at radius 2 is 1.89 bits per heavy atom. The van der Waals surface area contributed by atoms with E-state index in [0.29, 0.717) is 12.2 Å². The van der Waals surface area contributed by atoms with Crippen LogP contribution in [0.4, 0.5) is 5.69 Å². The van der Waals surface area contributed by atoms with E-state index in [-0.39, 0.29) is 17.9 Å². The van der Waals surface area contributed by atoms with Crippen LogP contribution in [0.1, 0.15) is 48.6 Å². The molecule has 0 bridgehead atoms. The molecular formula is C30H31N3O4. The van der Waals surface area contributed by atoms with Gasteiger partial charge in [-0.1, -0.05) is 18.2 Å². The number of carbonyl (C=O) groups is 2. The molecule has 2 aliphatic rings. The van der Waals surface area contributed by atoms with Crippen LogP contribution in [0.25, 0.3) is 5.76 Å². The van der Waals surface area contributed by atoms with E-state index in [1.807, 2.05) is 42.5 Å². The van der Waals surface area contributed by atoms with Crippen molar-refractivity contribution >= 4 is 23.1 Å². The second-order valence-electron chi connectivity index (χ2n) is 9.33. The lowest BCUT2D eigenvalue weighted by Crippen LogP contribution is -2.29. The van der Waals surface area contributed by atoms with E-state index in [4.69, 9.17) is 4.74 Å². The lowest BCUT2D eigenvalue weighted by Gasteiger charge is -2.27. The summed E-state index contributed by atoms with van der Waals surface area (Å²) in [5.41, 5.74) is 4.23. The molecule has 2 aliphatic heterocycles. The third-order valence-electron chi connectivity index (χ3n) is 7.14. The maximum Gasteiger partial charge on any atom is 0.295 e. The van der Waals surface area contributed by atoms with Crippen LogP contribution >= 0.6 is 0 Å². The summed E-state index contributed by atoms with van der Waals surface area (Å²) >= 11 is 0. The van der Waals surface area contributed by atoms with E-state index in [0.717, 1.165) is 54.1 Å². The second-order valence-corrected chi connectivity index (χ2v) is 9.33. The number of aliphatic hydroxyl groups is 1. The van der Waals surface area contributed by atoms with Crippen molar-refractivity contribution in [3.63, 3.8) is 0 Å². The fourth-order valence-corrected chi connectivity index (χ4v) is 5.20. The quantitative estimate of drug-likeness (QED) is 0.285. The summed E-state index contributed by atoms with van der Waals surface area (Å²) in [5.74, 6) is -0.695. The highest BCUT2D eigenvalue weighted by Crippen LogP contribution is 2.41. The zero-order valence-corrected chi connectivity index (χ0v) is 21.2. The molecule has 0 aliphatic carbocycles. The molecule has 1 fully saturated rings. The van der Waals surface area contributed by atoms with Gasteiger partial charge in [0.05, 0.1) is 18.2 Å². The average Bonchev–Trinajstić information content (AvgIpc) is 3.19. The van der Waals surface area contributed by atoms with Crippen molar-refractivity contribution < 1.29 is 19.4 Å². The van der Waals surface area contributed by atoms with E-state index in [1.165, 1.54) is 4.90 Å². The Morgan fingerprint density at radius 3 is 2.59 bits per heavy atom. The molecule has 37 heavy (non-hydrogen) atoms. The highest BCUT2D eigenvalue weighted by molar-refractivity contribution is 6.46. The summed E-state index contributed by atoms with van der Waals surface area (Å²) in [4.78, 5) is 34.6. The van der Waals surface area contributed by atoms with Gasteiger partial charge in [0, 0.05) is 43.3 Å². The van der Waals surface area contributed by atoms with Gasteiger partial charge in [0.15, 0.2) is 0 Å². The van der Waals surface area contributed by atoms with Gasteiger partial charge >= 0.3 is 0 Å². The molecule has 1 amide bonds. The number of carbonyl (C=O) groups excluding carboxylic acids is 2. The summed E-state index contributed by atoms with van der Waals surface area (Å²) in [6.07, 6.45) is 5.08. The minimum Gasteiger partial charge on any atom is -0.507 e. The van der Waals surface area contributed by atoms with Crippen LogP contribution in [-0.2, 0) is 22.6 Å². The molecule has 0 saturated carbocycles. The zero-order valence-electron chi connectivity index (χ0n) is 21.2. The van der Waals surface area contributed by atoms with Gasteiger partial charge in [-0.05, 0) is 79.8 Å². The summed E-state index contributed by atoms with van der Waals surface area (Å²) in [6.45, 7) is 6.82. The van der Waals surface area contributed by atoms with Crippen molar-refractivity contribution in [1.82, 2.24) is 9.88 Å². The third kappa shape index (κ3) is 4.69. The van der Waals surface area contributed by atoms with E-state index < -0.39 is 17.7 Å². The minimum atomic E-state index is -0.724. The Morgan fingerprint density at radius 1 is 1.11 bits per heavy atom. The van der Waals surface area contributed by atoms with E-state index in [9.17, 15) is 14.7 Å². The number of aromatic nitrogens is 1. The number of anilines is 1. The van der Waals surface area contributed by atoms with E-state index in [2.05, 4.69) is 23.7 Å². The second kappa shape index (κ2) is 10.5. The SMILES string of the molecule is CCN(CC)c1ccc(C2/C(=C(/O)c3ccc4c(c3)CCCO4)C(=O)C(=O)N2Cc2cccnc2)cc1. The minimum absolute atomic E-state index is 0.0983. The molecule has 1 N–H and O–H groups in total. The van der Waals surface area contributed by atoms with Crippen molar-refractivity contribution in [2.75, 3.05) is 24.6 Å². The fourth-order valence-electron chi connectivity index (χ4n) is 5.20. The highest BCUT2D eigenvalue weighted by Gasteiger charge is 2.46. The number of rotatable bonds is 7. The molecule has 5 rings (SSSR count).